The largest absolute Gasteiger partial charge is 0.506 e. The molecule has 0 amide bonds. The van der Waals surface area contributed by atoms with Crippen LogP contribution in [0.3, 0.4) is 0 Å². The van der Waals surface area contributed by atoms with Crippen LogP contribution in [0, 0.1) is 0 Å². The van der Waals surface area contributed by atoms with Crippen molar-refractivity contribution in [3.8, 4) is 5.75 Å². The Balaban J connectivity index is 1.32. The van der Waals surface area contributed by atoms with Crippen LogP contribution < -0.4 is 5.32 Å². The van der Waals surface area contributed by atoms with E-state index >= 15 is 0 Å². The van der Waals surface area contributed by atoms with Crippen molar-refractivity contribution in [1.29, 1.82) is 0 Å². The fourth-order valence-electron chi connectivity index (χ4n) is 2.86. The Labute approximate surface area is 157 Å². The van der Waals surface area contributed by atoms with Gasteiger partial charge >= 0.3 is 0 Å². The van der Waals surface area contributed by atoms with Crippen molar-refractivity contribution in [1.82, 2.24) is 10.3 Å². The number of pyridine rings is 1. The van der Waals surface area contributed by atoms with Gasteiger partial charge in [0.15, 0.2) is 0 Å². The number of hydrogen-bond acceptors (Lipinski definition) is 4. The number of aromatic nitrogens is 1. The molecule has 26 heavy (non-hydrogen) atoms. The maximum absolute atomic E-state index is 9.65. The molecule has 0 aliphatic carbocycles. The summed E-state index contributed by atoms with van der Waals surface area (Å²) < 4.78 is 5.69. The van der Waals surface area contributed by atoms with Crippen LogP contribution in [0.5, 0.6) is 5.75 Å². The van der Waals surface area contributed by atoms with Crippen molar-refractivity contribution in [2.75, 3.05) is 19.8 Å². The lowest BCUT2D eigenvalue weighted by Gasteiger charge is -2.06. The summed E-state index contributed by atoms with van der Waals surface area (Å²) >= 11 is 0. The van der Waals surface area contributed by atoms with Crippen molar-refractivity contribution in [3.05, 3.63) is 59.9 Å². The Morgan fingerprint density at radius 2 is 1.62 bits per heavy atom. The first-order valence-corrected chi connectivity index (χ1v) is 9.81. The molecule has 2 rings (SSSR count). The summed E-state index contributed by atoms with van der Waals surface area (Å²) in [5.74, 6) is 0.298. The molecule has 0 bridgehead atoms. The second-order valence-electron chi connectivity index (χ2n) is 6.62. The Morgan fingerprint density at radius 1 is 0.846 bits per heavy atom. The molecule has 4 nitrogen and oxygen atoms in total. The molecule has 142 valence electrons. The van der Waals surface area contributed by atoms with Crippen LogP contribution in [0.25, 0.3) is 0 Å². The number of unbranched alkanes of at least 4 members (excludes halogenated alkanes) is 4. The smallest absolute Gasteiger partial charge is 0.137 e. The van der Waals surface area contributed by atoms with Crippen LogP contribution in [0.2, 0.25) is 0 Å². The number of rotatable bonds is 14. The SMILES string of the molecule is Oc1cccnc1CCCCOCCCCCCNCc1ccccc1. The highest BCUT2D eigenvalue weighted by Crippen LogP contribution is 2.15. The average Bonchev–Trinajstić information content (AvgIpc) is 2.67. The highest BCUT2D eigenvalue weighted by molar-refractivity contribution is 5.24. The van der Waals surface area contributed by atoms with E-state index in [9.17, 15) is 5.11 Å². The highest BCUT2D eigenvalue weighted by Gasteiger charge is 2.00. The topological polar surface area (TPSA) is 54.4 Å². The second kappa shape index (κ2) is 13.3. The summed E-state index contributed by atoms with van der Waals surface area (Å²) in [4.78, 5) is 4.19. The number of benzene rings is 1. The normalized spacial score (nSPS) is 10.9. The zero-order valence-electron chi connectivity index (χ0n) is 15.7. The summed E-state index contributed by atoms with van der Waals surface area (Å²) in [5, 5.41) is 13.1. The molecule has 0 aliphatic heterocycles. The quantitative estimate of drug-likeness (QED) is 0.490. The van der Waals surface area contributed by atoms with E-state index < -0.39 is 0 Å². The number of aryl methyl sites for hydroxylation is 1. The van der Waals surface area contributed by atoms with Gasteiger partial charge in [-0.3, -0.25) is 4.98 Å². The van der Waals surface area contributed by atoms with E-state index in [1.807, 2.05) is 0 Å². The first kappa shape index (κ1) is 20.4. The maximum atomic E-state index is 9.65. The van der Waals surface area contributed by atoms with E-state index in [4.69, 9.17) is 4.74 Å². The minimum absolute atomic E-state index is 0.298. The lowest BCUT2D eigenvalue weighted by Crippen LogP contribution is -2.14. The summed E-state index contributed by atoms with van der Waals surface area (Å²) in [6, 6.07) is 14.0. The van der Waals surface area contributed by atoms with Crippen molar-refractivity contribution < 1.29 is 9.84 Å². The molecule has 0 saturated heterocycles. The lowest BCUT2D eigenvalue weighted by atomic mass is 10.1. The third kappa shape index (κ3) is 8.97. The molecular weight excluding hydrogens is 324 g/mol. The van der Waals surface area contributed by atoms with Gasteiger partial charge in [-0.15, -0.1) is 0 Å². The predicted octanol–water partition coefficient (Wildman–Crippen LogP) is 4.48. The second-order valence-corrected chi connectivity index (χ2v) is 6.62. The molecule has 4 heteroatoms. The molecule has 0 spiro atoms. The first-order chi connectivity index (χ1) is 12.9. The molecule has 0 unspecified atom stereocenters. The molecular formula is C22H32N2O2. The molecule has 0 aliphatic rings. The number of ether oxygens (including phenoxy) is 1. The van der Waals surface area contributed by atoms with Gasteiger partial charge in [0.05, 0.1) is 5.69 Å². The average molecular weight is 357 g/mol. The molecule has 0 fully saturated rings. The molecule has 2 N–H and O–H groups in total. The Morgan fingerprint density at radius 3 is 2.42 bits per heavy atom. The van der Waals surface area contributed by atoms with Gasteiger partial charge in [-0.05, 0) is 56.3 Å². The number of aromatic hydroxyl groups is 1. The van der Waals surface area contributed by atoms with Crippen molar-refractivity contribution in [2.24, 2.45) is 0 Å². The highest BCUT2D eigenvalue weighted by atomic mass is 16.5. The van der Waals surface area contributed by atoms with Crippen LogP contribution in [-0.4, -0.2) is 29.8 Å². The van der Waals surface area contributed by atoms with Gasteiger partial charge in [-0.2, -0.15) is 0 Å². The summed E-state index contributed by atoms with van der Waals surface area (Å²) in [6.07, 6.45) is 9.39. The van der Waals surface area contributed by atoms with Crippen LogP contribution in [0.1, 0.15) is 49.8 Å². The lowest BCUT2D eigenvalue weighted by molar-refractivity contribution is 0.126. The van der Waals surface area contributed by atoms with Crippen LogP contribution >= 0.6 is 0 Å². The zero-order chi connectivity index (χ0) is 18.3. The van der Waals surface area contributed by atoms with Gasteiger partial charge in [0, 0.05) is 26.0 Å². The molecule has 1 heterocycles. The fourth-order valence-corrected chi connectivity index (χ4v) is 2.86. The van der Waals surface area contributed by atoms with Gasteiger partial charge in [0.2, 0.25) is 0 Å². The van der Waals surface area contributed by atoms with E-state index in [0.29, 0.717) is 5.75 Å². The molecule has 2 aromatic rings. The minimum Gasteiger partial charge on any atom is -0.506 e. The fraction of sp³-hybridized carbons (Fsp3) is 0.500. The van der Waals surface area contributed by atoms with Gasteiger partial charge in [-0.25, -0.2) is 0 Å². The first-order valence-electron chi connectivity index (χ1n) is 9.81. The minimum atomic E-state index is 0.298. The van der Waals surface area contributed by atoms with Crippen LogP contribution in [0.15, 0.2) is 48.7 Å². The Hall–Kier alpha value is -1.91. The Kier molecular flexibility index (Phi) is 10.4. The standard InChI is InChI=1S/C22H32N2O2/c25-22-14-10-16-24-21(22)13-6-9-18-26-17-8-2-1-7-15-23-19-20-11-4-3-5-12-20/h3-5,10-12,14,16,23,25H,1-2,6-9,13,15,17-19H2. The molecule has 1 aromatic carbocycles. The van der Waals surface area contributed by atoms with Crippen LogP contribution in [-0.2, 0) is 17.7 Å². The van der Waals surface area contributed by atoms with E-state index in [2.05, 4.69) is 40.6 Å². The summed E-state index contributed by atoms with van der Waals surface area (Å²) in [6.45, 7) is 3.69. The maximum Gasteiger partial charge on any atom is 0.137 e. The number of nitrogens with one attached hydrogen (secondary N) is 1. The summed E-state index contributed by atoms with van der Waals surface area (Å²) in [7, 11) is 0. The van der Waals surface area contributed by atoms with E-state index in [-0.39, 0.29) is 0 Å². The van der Waals surface area contributed by atoms with Gasteiger partial charge in [-0.1, -0.05) is 43.2 Å². The van der Waals surface area contributed by atoms with Gasteiger partial charge in [0.1, 0.15) is 5.75 Å². The number of nitrogens with zero attached hydrogens (tertiary/aromatic N) is 1. The Bertz CT molecular complexity index is 590. The van der Waals surface area contributed by atoms with Gasteiger partial charge < -0.3 is 15.2 Å². The zero-order valence-corrected chi connectivity index (χ0v) is 15.7. The monoisotopic (exact) mass is 356 g/mol. The van der Waals surface area contributed by atoms with Crippen molar-refractivity contribution >= 4 is 0 Å². The van der Waals surface area contributed by atoms with Crippen molar-refractivity contribution in [2.45, 2.75) is 51.5 Å². The van der Waals surface area contributed by atoms with E-state index in [1.54, 1.807) is 18.3 Å². The number of hydrogen-bond donors (Lipinski definition) is 2. The van der Waals surface area contributed by atoms with E-state index in [1.165, 1.54) is 24.8 Å². The molecule has 0 atom stereocenters. The third-order valence-electron chi connectivity index (χ3n) is 4.38. The predicted molar refractivity (Wildman–Crippen MR) is 106 cm³/mol. The van der Waals surface area contributed by atoms with E-state index in [0.717, 1.165) is 57.7 Å². The van der Waals surface area contributed by atoms with Crippen molar-refractivity contribution in [3.63, 3.8) is 0 Å². The molecule has 0 radical (unpaired) electrons. The third-order valence-corrected chi connectivity index (χ3v) is 4.38. The summed E-state index contributed by atoms with van der Waals surface area (Å²) in [5.41, 5.74) is 2.13. The molecule has 1 aromatic heterocycles. The van der Waals surface area contributed by atoms with Gasteiger partial charge in [0.25, 0.3) is 0 Å². The van der Waals surface area contributed by atoms with Crippen LogP contribution in [0.4, 0.5) is 0 Å². The molecule has 0 saturated carbocycles.